The monoisotopic (exact) mass is 236 g/mol. The summed E-state index contributed by atoms with van der Waals surface area (Å²) in [6.07, 6.45) is 1.53. The third-order valence-corrected chi connectivity index (χ3v) is 2.55. The van der Waals surface area contributed by atoms with Crippen LogP contribution < -0.4 is 5.56 Å². The van der Waals surface area contributed by atoms with Crippen molar-refractivity contribution in [2.45, 2.75) is 6.92 Å². The molecule has 0 aliphatic heterocycles. The molecule has 2 aromatic rings. The lowest BCUT2D eigenvalue weighted by Crippen LogP contribution is -2.10. The van der Waals surface area contributed by atoms with E-state index in [0.29, 0.717) is 5.69 Å². The molecule has 0 saturated heterocycles. The fraction of sp³-hybridized carbons (Fsp3) is 0.0909. The Bertz CT molecular complexity index is 645. The predicted molar refractivity (Wildman–Crippen MR) is 61.9 cm³/mol. The average Bonchev–Trinajstić information content (AvgIpc) is 2.22. The Morgan fingerprint density at radius 1 is 1.38 bits per heavy atom. The number of hydrogen-bond acceptors (Lipinski definition) is 2. The Kier molecular flexibility index (Phi) is 2.70. The van der Waals surface area contributed by atoms with Crippen molar-refractivity contribution in [1.29, 1.82) is 0 Å². The number of aryl methyl sites for hydroxylation is 1. The zero-order valence-corrected chi connectivity index (χ0v) is 9.34. The highest BCUT2D eigenvalue weighted by Gasteiger charge is 2.03. The number of aromatic nitrogens is 2. The molecule has 1 aromatic heterocycles. The minimum atomic E-state index is -0.339. The van der Waals surface area contributed by atoms with E-state index in [0.717, 1.165) is 5.56 Å². The molecule has 0 aliphatic carbocycles. The van der Waals surface area contributed by atoms with Crippen LogP contribution >= 0.6 is 12.2 Å². The quantitative estimate of drug-likeness (QED) is 0.772. The standard InChI is InChI=1S/C11H9FN2OS/c1-7-2-3-8(12)6-9(7)14-5-4-10(15)13-11(14)16/h2-6H,1H3,(H,13,15,16). The highest BCUT2D eigenvalue weighted by Crippen LogP contribution is 2.14. The van der Waals surface area contributed by atoms with Crippen molar-refractivity contribution in [3.05, 3.63) is 57.0 Å². The van der Waals surface area contributed by atoms with Gasteiger partial charge in [-0.3, -0.25) is 14.3 Å². The summed E-state index contributed by atoms with van der Waals surface area (Å²) in [5, 5.41) is 0. The van der Waals surface area contributed by atoms with E-state index in [9.17, 15) is 9.18 Å². The molecule has 1 heterocycles. The molecule has 0 bridgehead atoms. The van der Waals surface area contributed by atoms with Crippen molar-refractivity contribution >= 4 is 12.2 Å². The Morgan fingerprint density at radius 3 is 2.81 bits per heavy atom. The lowest BCUT2D eigenvalue weighted by molar-refractivity contribution is 0.625. The number of halogens is 1. The maximum Gasteiger partial charge on any atom is 0.251 e. The Balaban J connectivity index is 2.72. The number of aromatic amines is 1. The van der Waals surface area contributed by atoms with Gasteiger partial charge in [-0.25, -0.2) is 4.39 Å². The highest BCUT2D eigenvalue weighted by molar-refractivity contribution is 7.71. The normalized spacial score (nSPS) is 10.4. The molecule has 5 heteroatoms. The van der Waals surface area contributed by atoms with Gasteiger partial charge in [0.1, 0.15) is 5.82 Å². The summed E-state index contributed by atoms with van der Waals surface area (Å²) in [5.41, 5.74) is 1.24. The summed E-state index contributed by atoms with van der Waals surface area (Å²) in [4.78, 5) is 13.5. The second-order valence-corrected chi connectivity index (χ2v) is 3.80. The van der Waals surface area contributed by atoms with Gasteiger partial charge >= 0.3 is 0 Å². The molecule has 2 rings (SSSR count). The molecule has 1 aromatic carbocycles. The summed E-state index contributed by atoms with van der Waals surface area (Å²) in [7, 11) is 0. The van der Waals surface area contributed by atoms with Gasteiger partial charge in [-0.1, -0.05) is 6.07 Å². The second-order valence-electron chi connectivity index (χ2n) is 3.41. The van der Waals surface area contributed by atoms with Crippen molar-refractivity contribution < 1.29 is 4.39 Å². The summed E-state index contributed by atoms with van der Waals surface area (Å²) in [5.74, 6) is -0.339. The average molecular weight is 236 g/mol. The van der Waals surface area contributed by atoms with Crippen LogP contribution in [0.2, 0.25) is 0 Å². The Labute approximate surface area is 96.2 Å². The molecule has 0 radical (unpaired) electrons. The van der Waals surface area contributed by atoms with Crippen molar-refractivity contribution in [2.75, 3.05) is 0 Å². The van der Waals surface area contributed by atoms with E-state index in [1.54, 1.807) is 10.6 Å². The van der Waals surface area contributed by atoms with Crippen LogP contribution in [0.3, 0.4) is 0 Å². The molecule has 0 unspecified atom stereocenters. The fourth-order valence-corrected chi connectivity index (χ4v) is 1.71. The molecule has 0 saturated carbocycles. The molecule has 16 heavy (non-hydrogen) atoms. The summed E-state index contributed by atoms with van der Waals surface area (Å²) >= 11 is 5.01. The number of rotatable bonds is 1. The summed E-state index contributed by atoms with van der Waals surface area (Å²) in [6, 6.07) is 5.77. The third kappa shape index (κ3) is 1.94. The van der Waals surface area contributed by atoms with E-state index in [2.05, 4.69) is 4.98 Å². The zero-order valence-electron chi connectivity index (χ0n) is 8.53. The van der Waals surface area contributed by atoms with Gasteiger partial charge in [0, 0.05) is 12.3 Å². The van der Waals surface area contributed by atoms with Gasteiger partial charge < -0.3 is 0 Å². The smallest absolute Gasteiger partial charge is 0.251 e. The minimum absolute atomic E-state index is 0.251. The zero-order chi connectivity index (χ0) is 11.7. The van der Waals surface area contributed by atoms with Crippen molar-refractivity contribution in [3.63, 3.8) is 0 Å². The van der Waals surface area contributed by atoms with E-state index < -0.39 is 0 Å². The SMILES string of the molecule is Cc1ccc(F)cc1-n1ccc(=O)[nH]c1=S. The Hall–Kier alpha value is -1.75. The minimum Gasteiger partial charge on any atom is -0.299 e. The van der Waals surface area contributed by atoms with Crippen LogP contribution in [0.4, 0.5) is 4.39 Å². The van der Waals surface area contributed by atoms with Crippen LogP contribution in [-0.4, -0.2) is 9.55 Å². The number of nitrogens with one attached hydrogen (secondary N) is 1. The highest BCUT2D eigenvalue weighted by atomic mass is 32.1. The first-order valence-electron chi connectivity index (χ1n) is 4.66. The van der Waals surface area contributed by atoms with Crippen LogP contribution in [0.25, 0.3) is 5.69 Å². The van der Waals surface area contributed by atoms with Crippen molar-refractivity contribution in [3.8, 4) is 5.69 Å². The van der Waals surface area contributed by atoms with Crippen LogP contribution in [0.15, 0.2) is 35.3 Å². The number of hydrogen-bond donors (Lipinski definition) is 1. The number of H-pyrrole nitrogens is 1. The maximum absolute atomic E-state index is 13.1. The number of benzene rings is 1. The second kappa shape index (κ2) is 4.02. The third-order valence-electron chi connectivity index (χ3n) is 2.25. The van der Waals surface area contributed by atoms with Crippen LogP contribution in [0, 0.1) is 17.5 Å². The molecule has 0 spiro atoms. The summed E-state index contributed by atoms with van der Waals surface area (Å²) in [6.45, 7) is 1.85. The molecule has 82 valence electrons. The molecular formula is C11H9FN2OS. The number of nitrogens with zero attached hydrogens (tertiary/aromatic N) is 1. The lowest BCUT2D eigenvalue weighted by atomic mass is 10.2. The first-order chi connectivity index (χ1) is 7.58. The van der Waals surface area contributed by atoms with Gasteiger partial charge in [-0.05, 0) is 36.8 Å². The first-order valence-corrected chi connectivity index (χ1v) is 5.07. The van der Waals surface area contributed by atoms with Crippen molar-refractivity contribution in [1.82, 2.24) is 9.55 Å². The van der Waals surface area contributed by atoms with Gasteiger partial charge in [0.25, 0.3) is 5.56 Å². The molecule has 0 atom stereocenters. The van der Waals surface area contributed by atoms with E-state index in [4.69, 9.17) is 12.2 Å². The Morgan fingerprint density at radius 2 is 2.12 bits per heavy atom. The van der Waals surface area contributed by atoms with Gasteiger partial charge in [0.05, 0.1) is 5.69 Å². The first kappa shape index (κ1) is 10.8. The predicted octanol–water partition coefficient (Wildman–Crippen LogP) is 2.34. The van der Waals surface area contributed by atoms with Crippen LogP contribution in [0.5, 0.6) is 0 Å². The topological polar surface area (TPSA) is 37.8 Å². The molecule has 3 nitrogen and oxygen atoms in total. The van der Waals surface area contributed by atoms with E-state index >= 15 is 0 Å². The molecule has 1 N–H and O–H groups in total. The lowest BCUT2D eigenvalue weighted by Gasteiger charge is -2.09. The van der Waals surface area contributed by atoms with Gasteiger partial charge in [0.15, 0.2) is 4.77 Å². The fourth-order valence-electron chi connectivity index (χ4n) is 1.45. The van der Waals surface area contributed by atoms with Crippen LogP contribution in [0.1, 0.15) is 5.56 Å². The largest absolute Gasteiger partial charge is 0.299 e. The van der Waals surface area contributed by atoms with Gasteiger partial charge in [0.2, 0.25) is 0 Å². The van der Waals surface area contributed by atoms with Crippen LogP contribution in [-0.2, 0) is 0 Å². The molecular weight excluding hydrogens is 227 g/mol. The summed E-state index contributed by atoms with van der Waals surface area (Å²) < 4.78 is 14.9. The van der Waals surface area contributed by atoms with Crippen molar-refractivity contribution in [2.24, 2.45) is 0 Å². The molecule has 0 amide bonds. The maximum atomic E-state index is 13.1. The van der Waals surface area contributed by atoms with E-state index in [-0.39, 0.29) is 16.1 Å². The molecule has 0 aliphatic rings. The van der Waals surface area contributed by atoms with Gasteiger partial charge in [-0.2, -0.15) is 0 Å². The van der Waals surface area contributed by atoms with E-state index in [1.807, 2.05) is 6.92 Å². The van der Waals surface area contributed by atoms with Gasteiger partial charge in [-0.15, -0.1) is 0 Å². The molecule has 0 fully saturated rings. The van der Waals surface area contributed by atoms with E-state index in [1.165, 1.54) is 24.4 Å².